The van der Waals surface area contributed by atoms with Crippen molar-refractivity contribution in [3.63, 3.8) is 0 Å². The lowest BCUT2D eigenvalue weighted by atomic mass is 9.93. The third kappa shape index (κ3) is 4.18. The molecule has 0 radical (unpaired) electrons. The van der Waals surface area contributed by atoms with Gasteiger partial charge in [0.25, 0.3) is 0 Å². The Kier molecular flexibility index (Phi) is 6.12. The third-order valence-electron chi connectivity index (χ3n) is 5.88. The summed E-state index contributed by atoms with van der Waals surface area (Å²) in [5, 5.41) is 0. The minimum Gasteiger partial charge on any atom is -0.340 e. The molecule has 0 aliphatic carbocycles. The zero-order valence-corrected chi connectivity index (χ0v) is 18.5. The summed E-state index contributed by atoms with van der Waals surface area (Å²) in [5.74, 6) is -1.11. The Morgan fingerprint density at radius 2 is 1.66 bits per heavy atom. The van der Waals surface area contributed by atoms with E-state index in [-0.39, 0.29) is 49.3 Å². The smallest absolute Gasteiger partial charge is 0.246 e. The predicted octanol–water partition coefficient (Wildman–Crippen LogP) is 2.62. The van der Waals surface area contributed by atoms with Crippen LogP contribution in [0.5, 0.6) is 0 Å². The van der Waals surface area contributed by atoms with Gasteiger partial charge in [-0.25, -0.2) is 12.8 Å². The molecule has 0 spiro atoms. The highest BCUT2D eigenvalue weighted by Crippen LogP contribution is 2.33. The molecule has 0 bridgehead atoms. The van der Waals surface area contributed by atoms with Crippen LogP contribution in [-0.4, -0.2) is 60.5 Å². The number of halogens is 1. The Morgan fingerprint density at radius 3 is 2.34 bits per heavy atom. The van der Waals surface area contributed by atoms with Gasteiger partial charge in [-0.3, -0.25) is 9.59 Å². The average Bonchev–Trinajstić information content (AvgIpc) is 2.79. The van der Waals surface area contributed by atoms with Gasteiger partial charge >= 0.3 is 0 Å². The maximum absolute atomic E-state index is 14.0. The summed E-state index contributed by atoms with van der Waals surface area (Å²) in [5.41, 5.74) is 1.86. The molecule has 2 heterocycles. The number of carbonyl (C=O) groups is 2. The fourth-order valence-electron chi connectivity index (χ4n) is 4.18. The number of fused-ring (bicyclic) bond motifs is 1. The molecule has 0 N–H and O–H groups in total. The summed E-state index contributed by atoms with van der Waals surface area (Å²) in [7, 11) is -3.97. The number of benzene rings is 2. The van der Waals surface area contributed by atoms with Crippen LogP contribution >= 0.6 is 0 Å². The van der Waals surface area contributed by atoms with Crippen molar-refractivity contribution in [2.75, 3.05) is 26.2 Å². The van der Waals surface area contributed by atoms with Gasteiger partial charge in [-0.05, 0) is 29.3 Å². The second-order valence-electron chi connectivity index (χ2n) is 7.81. The van der Waals surface area contributed by atoms with Crippen LogP contribution in [0.15, 0.2) is 59.6 Å². The number of piperazine rings is 1. The highest BCUT2D eigenvalue weighted by molar-refractivity contribution is 7.89. The molecule has 2 aromatic carbocycles. The molecule has 4 rings (SSSR count). The van der Waals surface area contributed by atoms with E-state index in [4.69, 9.17) is 0 Å². The molecule has 1 atom stereocenters. The van der Waals surface area contributed by atoms with E-state index in [0.717, 1.165) is 17.2 Å². The third-order valence-corrected chi connectivity index (χ3v) is 7.81. The molecule has 7 nitrogen and oxygen atoms in total. The second-order valence-corrected chi connectivity index (χ2v) is 9.71. The SMILES string of the molecule is CC(=O)N1C=Cc2ccccc2[C@H]1CC(=O)N1CCN(S(=O)(=O)c2ccccc2F)CC1. The van der Waals surface area contributed by atoms with Crippen LogP contribution in [0.25, 0.3) is 6.08 Å². The van der Waals surface area contributed by atoms with Crippen molar-refractivity contribution < 1.29 is 22.4 Å². The maximum atomic E-state index is 14.0. The zero-order chi connectivity index (χ0) is 22.9. The van der Waals surface area contributed by atoms with Gasteiger partial charge in [0, 0.05) is 39.3 Å². The molecule has 9 heteroatoms. The molecule has 2 amide bonds. The Balaban J connectivity index is 1.45. The Bertz CT molecular complexity index is 1170. The largest absolute Gasteiger partial charge is 0.340 e. The van der Waals surface area contributed by atoms with E-state index < -0.39 is 21.9 Å². The number of sulfonamides is 1. The standard InChI is InChI=1S/C23H24FN3O4S/c1-17(28)27-11-10-18-6-2-3-7-19(18)21(27)16-23(29)25-12-14-26(15-13-25)32(30,31)22-9-5-4-8-20(22)24/h2-11,21H,12-16H2,1H3/t21-/m1/s1. The van der Waals surface area contributed by atoms with Crippen molar-refractivity contribution in [2.24, 2.45) is 0 Å². The van der Waals surface area contributed by atoms with Gasteiger partial charge in [0.15, 0.2) is 0 Å². The average molecular weight is 458 g/mol. The van der Waals surface area contributed by atoms with Crippen molar-refractivity contribution >= 4 is 27.9 Å². The Morgan fingerprint density at radius 1 is 1.00 bits per heavy atom. The minimum absolute atomic E-state index is 0.0833. The number of hydrogen-bond acceptors (Lipinski definition) is 4. The predicted molar refractivity (Wildman–Crippen MR) is 117 cm³/mol. The molecule has 2 aromatic rings. The van der Waals surface area contributed by atoms with E-state index in [1.54, 1.807) is 16.0 Å². The molecule has 168 valence electrons. The van der Waals surface area contributed by atoms with Crippen LogP contribution in [-0.2, 0) is 19.6 Å². The van der Waals surface area contributed by atoms with Gasteiger partial charge in [0.05, 0.1) is 12.5 Å². The van der Waals surface area contributed by atoms with E-state index in [2.05, 4.69) is 0 Å². The number of nitrogens with zero attached hydrogens (tertiary/aromatic N) is 3. The molecule has 2 aliphatic rings. The fraction of sp³-hybridized carbons (Fsp3) is 0.304. The summed E-state index contributed by atoms with van der Waals surface area (Å²) < 4.78 is 40.8. The lowest BCUT2D eigenvalue weighted by Crippen LogP contribution is -2.51. The van der Waals surface area contributed by atoms with Crippen LogP contribution in [0, 0.1) is 5.82 Å². The van der Waals surface area contributed by atoms with E-state index in [9.17, 15) is 22.4 Å². The Hall–Kier alpha value is -3.04. The van der Waals surface area contributed by atoms with E-state index in [1.165, 1.54) is 29.4 Å². The number of rotatable bonds is 4. The lowest BCUT2D eigenvalue weighted by Gasteiger charge is -2.37. The van der Waals surface area contributed by atoms with Gasteiger partial charge in [0.1, 0.15) is 10.7 Å². The number of amides is 2. The van der Waals surface area contributed by atoms with E-state index in [0.29, 0.717) is 0 Å². The topological polar surface area (TPSA) is 78.0 Å². The normalized spacial score (nSPS) is 19.0. The summed E-state index contributed by atoms with van der Waals surface area (Å²) in [4.78, 5) is 28.0. The molecule has 0 aromatic heterocycles. The fourth-order valence-corrected chi connectivity index (χ4v) is 5.67. The van der Waals surface area contributed by atoms with Crippen molar-refractivity contribution in [3.8, 4) is 0 Å². The van der Waals surface area contributed by atoms with Gasteiger partial charge < -0.3 is 9.80 Å². The first-order valence-corrected chi connectivity index (χ1v) is 11.8. The zero-order valence-electron chi connectivity index (χ0n) is 17.6. The van der Waals surface area contributed by atoms with Crippen molar-refractivity contribution in [3.05, 3.63) is 71.7 Å². The van der Waals surface area contributed by atoms with Crippen LogP contribution in [0.2, 0.25) is 0 Å². The molecule has 1 fully saturated rings. The van der Waals surface area contributed by atoms with Gasteiger partial charge in [0.2, 0.25) is 21.8 Å². The maximum Gasteiger partial charge on any atom is 0.246 e. The molecule has 0 saturated carbocycles. The monoisotopic (exact) mass is 457 g/mol. The van der Waals surface area contributed by atoms with Gasteiger partial charge in [-0.1, -0.05) is 36.4 Å². The highest BCUT2D eigenvalue weighted by Gasteiger charge is 2.34. The van der Waals surface area contributed by atoms with Crippen LogP contribution in [0.3, 0.4) is 0 Å². The molecule has 0 unspecified atom stereocenters. The van der Waals surface area contributed by atoms with E-state index >= 15 is 0 Å². The van der Waals surface area contributed by atoms with Crippen LogP contribution in [0.1, 0.15) is 30.5 Å². The first kappa shape index (κ1) is 22.2. The van der Waals surface area contributed by atoms with Gasteiger partial charge in [-0.2, -0.15) is 4.31 Å². The molecular formula is C23H24FN3O4S. The first-order valence-electron chi connectivity index (χ1n) is 10.4. The van der Waals surface area contributed by atoms with Crippen LogP contribution < -0.4 is 0 Å². The highest BCUT2D eigenvalue weighted by atomic mass is 32.2. The first-order chi connectivity index (χ1) is 15.3. The molecule has 2 aliphatic heterocycles. The number of carbonyl (C=O) groups excluding carboxylic acids is 2. The minimum atomic E-state index is -3.97. The number of hydrogen-bond donors (Lipinski definition) is 0. The molecular weight excluding hydrogens is 433 g/mol. The quantitative estimate of drug-likeness (QED) is 0.707. The van der Waals surface area contributed by atoms with Crippen LogP contribution in [0.4, 0.5) is 4.39 Å². The molecule has 1 saturated heterocycles. The van der Waals surface area contributed by atoms with Crippen molar-refractivity contribution in [1.29, 1.82) is 0 Å². The summed E-state index contributed by atoms with van der Waals surface area (Å²) in [6.07, 6.45) is 3.65. The van der Waals surface area contributed by atoms with Crippen molar-refractivity contribution in [1.82, 2.24) is 14.1 Å². The summed E-state index contributed by atoms with van der Waals surface area (Å²) in [6.45, 7) is 2.04. The second kappa shape index (κ2) is 8.84. The summed E-state index contributed by atoms with van der Waals surface area (Å²) in [6, 6.07) is 12.5. The van der Waals surface area contributed by atoms with Gasteiger partial charge in [-0.15, -0.1) is 0 Å². The van der Waals surface area contributed by atoms with E-state index in [1.807, 2.05) is 30.3 Å². The Labute approximate surface area is 186 Å². The lowest BCUT2D eigenvalue weighted by molar-refractivity contribution is -0.135. The molecule has 32 heavy (non-hydrogen) atoms. The van der Waals surface area contributed by atoms with Crippen molar-refractivity contribution in [2.45, 2.75) is 24.3 Å². The summed E-state index contributed by atoms with van der Waals surface area (Å²) >= 11 is 0.